The Morgan fingerprint density at radius 1 is 1.15 bits per heavy atom. The monoisotopic (exact) mass is 468 g/mol. The van der Waals surface area contributed by atoms with Crippen LogP contribution in [0.3, 0.4) is 0 Å². The van der Waals surface area contributed by atoms with Gasteiger partial charge in [0.1, 0.15) is 5.82 Å². The molecule has 1 N–H and O–H groups in total. The summed E-state index contributed by atoms with van der Waals surface area (Å²) in [6.45, 7) is 1.53. The van der Waals surface area contributed by atoms with Gasteiger partial charge in [-0.15, -0.1) is 0 Å². The van der Waals surface area contributed by atoms with Gasteiger partial charge in [0.05, 0.1) is 40.4 Å². The molecule has 5 rings (SSSR count). The number of hydrogen-bond donors (Lipinski definition) is 1. The molecule has 1 atom stereocenters. The zero-order valence-electron chi connectivity index (χ0n) is 17.8. The average molecular weight is 469 g/mol. The number of sulfone groups is 1. The van der Waals surface area contributed by atoms with Crippen LogP contribution in [0, 0.1) is 5.82 Å². The van der Waals surface area contributed by atoms with E-state index in [4.69, 9.17) is 4.98 Å². The summed E-state index contributed by atoms with van der Waals surface area (Å²) < 4.78 is 37.5. The molecule has 33 heavy (non-hydrogen) atoms. The third kappa shape index (κ3) is 4.11. The molecular weight excluding hydrogens is 447 g/mol. The summed E-state index contributed by atoms with van der Waals surface area (Å²) in [6.07, 6.45) is 8.13. The number of aromatic nitrogens is 3. The zero-order valence-corrected chi connectivity index (χ0v) is 18.6. The van der Waals surface area contributed by atoms with E-state index in [0.717, 1.165) is 37.5 Å². The molecule has 9 nitrogen and oxygen atoms in total. The van der Waals surface area contributed by atoms with E-state index in [0.29, 0.717) is 23.6 Å². The highest BCUT2D eigenvalue weighted by atomic mass is 32.2. The van der Waals surface area contributed by atoms with E-state index < -0.39 is 21.7 Å². The topological polar surface area (TPSA) is 108 Å². The molecule has 170 valence electrons. The molecule has 11 heteroatoms. The first kappa shape index (κ1) is 21.3. The van der Waals surface area contributed by atoms with Crippen molar-refractivity contribution in [2.75, 3.05) is 34.5 Å². The van der Waals surface area contributed by atoms with Crippen molar-refractivity contribution in [2.24, 2.45) is 0 Å². The molecule has 0 aromatic carbocycles. The van der Waals surface area contributed by atoms with Crippen molar-refractivity contribution in [3.63, 3.8) is 0 Å². The van der Waals surface area contributed by atoms with Crippen LogP contribution >= 0.6 is 0 Å². The second-order valence-corrected chi connectivity index (χ2v) is 10.2. The van der Waals surface area contributed by atoms with E-state index in [2.05, 4.69) is 20.2 Å². The maximum Gasteiger partial charge on any atom is 0.327 e. The van der Waals surface area contributed by atoms with Crippen molar-refractivity contribution >= 4 is 33.1 Å². The first-order valence-corrected chi connectivity index (χ1v) is 12.3. The van der Waals surface area contributed by atoms with Gasteiger partial charge >= 0.3 is 6.03 Å². The summed E-state index contributed by atoms with van der Waals surface area (Å²) in [6, 6.07) is 5.87. The predicted octanol–water partition coefficient (Wildman–Crippen LogP) is 3.10. The largest absolute Gasteiger partial charge is 0.366 e. The fraction of sp³-hybridized carbons (Fsp3) is 0.273. The van der Waals surface area contributed by atoms with Crippen molar-refractivity contribution in [3.8, 4) is 11.3 Å². The molecule has 5 heterocycles. The summed E-state index contributed by atoms with van der Waals surface area (Å²) in [4.78, 5) is 29.8. The number of carbonyl (C=O) groups is 1. The van der Waals surface area contributed by atoms with E-state index in [1.54, 1.807) is 11.0 Å². The Morgan fingerprint density at radius 2 is 1.97 bits per heavy atom. The normalized spacial score (nSPS) is 17.5. The third-order valence-corrected chi connectivity index (χ3v) is 6.88. The van der Waals surface area contributed by atoms with E-state index in [9.17, 15) is 17.6 Å². The molecule has 0 spiro atoms. The Labute approximate surface area is 190 Å². The van der Waals surface area contributed by atoms with Crippen LogP contribution < -0.4 is 15.1 Å². The second-order valence-electron chi connectivity index (χ2n) is 8.15. The van der Waals surface area contributed by atoms with Crippen LogP contribution in [0.4, 0.5) is 26.4 Å². The van der Waals surface area contributed by atoms with Gasteiger partial charge in [-0.05, 0) is 31.0 Å². The number of nitrogens with zero attached hydrogens (tertiary/aromatic N) is 5. The fourth-order valence-corrected chi connectivity index (χ4v) is 4.86. The van der Waals surface area contributed by atoms with E-state index >= 15 is 0 Å². The quantitative estimate of drug-likeness (QED) is 0.629. The highest BCUT2D eigenvalue weighted by Gasteiger charge is 2.38. The van der Waals surface area contributed by atoms with Crippen molar-refractivity contribution in [1.82, 2.24) is 15.0 Å². The maximum atomic E-state index is 13.6. The fourth-order valence-electron chi connectivity index (χ4n) is 4.27. The lowest BCUT2D eigenvalue weighted by molar-refractivity contribution is 0.252. The van der Waals surface area contributed by atoms with E-state index in [1.165, 1.54) is 30.7 Å². The minimum atomic E-state index is -3.43. The van der Waals surface area contributed by atoms with Gasteiger partial charge in [0.25, 0.3) is 0 Å². The Balaban J connectivity index is 1.56. The van der Waals surface area contributed by atoms with Crippen molar-refractivity contribution in [1.29, 1.82) is 0 Å². The number of urea groups is 1. The molecule has 0 unspecified atom stereocenters. The first-order valence-electron chi connectivity index (χ1n) is 10.4. The number of carbonyl (C=O) groups excluding carboxylic acids is 1. The molecule has 2 aliphatic heterocycles. The van der Waals surface area contributed by atoms with Crippen LogP contribution in [-0.2, 0) is 9.84 Å². The zero-order chi connectivity index (χ0) is 23.2. The standard InChI is InChI=1S/C22H21FN6O3S/c1-33(31,32)18-7-14(9-24-12-18)19-4-5-20-21(27-19)29(17-3-2-6-28(20)13-17)22(30)26-16-8-15(23)10-25-11-16/h4-5,7-12,17H,2-3,6,13H2,1H3,(H,26,30)/t17-/m0/s1. The Morgan fingerprint density at radius 3 is 2.76 bits per heavy atom. The Bertz CT molecular complexity index is 1350. The number of hydrogen-bond acceptors (Lipinski definition) is 7. The summed E-state index contributed by atoms with van der Waals surface area (Å²) >= 11 is 0. The number of pyridine rings is 3. The van der Waals surface area contributed by atoms with Gasteiger partial charge in [0.2, 0.25) is 0 Å². The summed E-state index contributed by atoms with van der Waals surface area (Å²) in [7, 11) is -3.43. The molecule has 2 bridgehead atoms. The molecule has 0 saturated carbocycles. The minimum absolute atomic E-state index is 0.0911. The lowest BCUT2D eigenvalue weighted by Crippen LogP contribution is -2.56. The molecule has 0 radical (unpaired) electrons. The van der Waals surface area contributed by atoms with Crippen molar-refractivity contribution < 1.29 is 17.6 Å². The number of halogens is 1. The number of rotatable bonds is 3. The summed E-state index contributed by atoms with van der Waals surface area (Å²) in [5.41, 5.74) is 2.09. The Kier molecular flexibility index (Phi) is 5.20. The van der Waals surface area contributed by atoms with E-state index in [1.807, 2.05) is 6.07 Å². The first-order chi connectivity index (χ1) is 15.8. The lowest BCUT2D eigenvalue weighted by Gasteiger charge is -2.45. The molecule has 3 aromatic rings. The number of anilines is 3. The summed E-state index contributed by atoms with van der Waals surface area (Å²) in [5, 5.41) is 2.72. The Hall–Kier alpha value is -3.60. The van der Waals surface area contributed by atoms with Gasteiger partial charge < -0.3 is 10.2 Å². The van der Waals surface area contributed by atoms with Gasteiger partial charge in [-0.25, -0.2) is 22.6 Å². The lowest BCUT2D eigenvalue weighted by atomic mass is 9.99. The van der Waals surface area contributed by atoms with Gasteiger partial charge in [0, 0.05) is 43.4 Å². The van der Waals surface area contributed by atoms with Gasteiger partial charge in [-0.2, -0.15) is 0 Å². The highest BCUT2D eigenvalue weighted by Crippen LogP contribution is 2.39. The molecule has 0 aliphatic carbocycles. The van der Waals surface area contributed by atoms with Crippen LogP contribution in [0.5, 0.6) is 0 Å². The smallest absolute Gasteiger partial charge is 0.327 e. The number of piperidine rings is 1. The SMILES string of the molecule is CS(=O)(=O)c1cncc(-c2ccc3c(n2)N(C(=O)Nc2cncc(F)c2)[C@H]2CCCN3C2)c1. The molecule has 1 fully saturated rings. The number of nitrogens with one attached hydrogen (secondary N) is 1. The van der Waals surface area contributed by atoms with Gasteiger partial charge in [0.15, 0.2) is 15.7 Å². The molecule has 2 amide bonds. The maximum absolute atomic E-state index is 13.6. The van der Waals surface area contributed by atoms with Crippen molar-refractivity contribution in [3.05, 3.63) is 54.9 Å². The molecule has 1 saturated heterocycles. The van der Waals surface area contributed by atoms with Crippen molar-refractivity contribution in [2.45, 2.75) is 23.8 Å². The molecule has 3 aromatic heterocycles. The number of amides is 2. The molecule has 2 aliphatic rings. The second kappa shape index (κ2) is 8.07. The minimum Gasteiger partial charge on any atom is -0.366 e. The van der Waals surface area contributed by atoms with Gasteiger partial charge in [-0.1, -0.05) is 0 Å². The predicted molar refractivity (Wildman–Crippen MR) is 122 cm³/mol. The average Bonchev–Trinajstić information content (AvgIpc) is 2.78. The summed E-state index contributed by atoms with van der Waals surface area (Å²) in [5.74, 6) is -0.0792. The van der Waals surface area contributed by atoms with Crippen LogP contribution in [0.2, 0.25) is 0 Å². The van der Waals surface area contributed by atoms with Crippen LogP contribution in [0.1, 0.15) is 12.8 Å². The van der Waals surface area contributed by atoms with E-state index in [-0.39, 0.29) is 16.6 Å². The van der Waals surface area contributed by atoms with Crippen LogP contribution in [0.25, 0.3) is 11.3 Å². The number of fused-ring (bicyclic) bond motifs is 4. The third-order valence-electron chi connectivity index (χ3n) is 5.80. The highest BCUT2D eigenvalue weighted by molar-refractivity contribution is 7.90. The van der Waals surface area contributed by atoms with Crippen LogP contribution in [0.15, 0.2) is 53.9 Å². The van der Waals surface area contributed by atoms with Gasteiger partial charge in [-0.3, -0.25) is 14.9 Å². The van der Waals surface area contributed by atoms with Crippen LogP contribution in [-0.4, -0.2) is 54.8 Å². The molecular formula is C22H21FN6O3S.